The smallest absolute Gasteiger partial charge is 0.147 e. The molecule has 0 spiro atoms. The molecule has 2 rings (SSSR count). The Morgan fingerprint density at radius 2 is 2.28 bits per heavy atom. The quantitative estimate of drug-likeness (QED) is 0.851. The van der Waals surface area contributed by atoms with E-state index in [4.69, 9.17) is 0 Å². The number of thioether (sulfide) groups is 2. The van der Waals surface area contributed by atoms with Gasteiger partial charge >= 0.3 is 0 Å². The molecule has 18 heavy (non-hydrogen) atoms. The first kappa shape index (κ1) is 14.0. The minimum absolute atomic E-state index is 0.189. The summed E-state index contributed by atoms with van der Waals surface area (Å²) < 4.78 is 1.85. The molecule has 0 bridgehead atoms. The third-order valence-corrected chi connectivity index (χ3v) is 6.90. The largest absolute Gasteiger partial charge is 0.298 e. The lowest BCUT2D eigenvalue weighted by molar-refractivity contribution is -0.118. The monoisotopic (exact) mass is 284 g/mol. The number of hydrogen-bond donors (Lipinski definition) is 0. The Labute approximate surface area is 117 Å². The van der Waals surface area contributed by atoms with Gasteiger partial charge in [0, 0.05) is 41.6 Å². The fraction of sp³-hybridized carbons (Fsp3) is 0.692. The highest BCUT2D eigenvalue weighted by Gasteiger charge is 2.29. The molecule has 0 saturated carbocycles. The highest BCUT2D eigenvalue weighted by molar-refractivity contribution is 8.08. The van der Waals surface area contributed by atoms with Gasteiger partial charge in [-0.05, 0) is 12.5 Å². The third-order valence-electron chi connectivity index (χ3n) is 3.46. The zero-order chi connectivity index (χ0) is 13.1. The lowest BCUT2D eigenvalue weighted by Crippen LogP contribution is -2.31. The maximum Gasteiger partial charge on any atom is 0.147 e. The van der Waals surface area contributed by atoms with Crippen LogP contribution in [0, 0.1) is 0 Å². The molecular formula is C13H20N2OS2. The van der Waals surface area contributed by atoms with Crippen LogP contribution < -0.4 is 0 Å². The Balaban J connectivity index is 1.83. The number of carbonyl (C=O) groups excluding carboxylic acids is 1. The van der Waals surface area contributed by atoms with Gasteiger partial charge in [0.1, 0.15) is 5.78 Å². The van der Waals surface area contributed by atoms with E-state index in [2.05, 4.69) is 18.9 Å². The van der Waals surface area contributed by atoms with Crippen molar-refractivity contribution in [3.05, 3.63) is 18.0 Å². The number of ketones is 1. The van der Waals surface area contributed by atoms with E-state index >= 15 is 0 Å². The average molecular weight is 284 g/mol. The number of carbonyl (C=O) groups is 1. The number of hydrogen-bond acceptors (Lipinski definition) is 4. The van der Waals surface area contributed by atoms with Crippen molar-refractivity contribution in [2.75, 3.05) is 5.75 Å². The standard InChI is InChI=1S/C13H20N2OS2/c1-9-10(2)18-13(8-17-9)12(16)5-4-11-6-7-14-15(11)3/h6-7,9-10,13H,4-5,8H2,1-3H3. The number of Topliss-reactive ketones (excluding diaryl/α,β-unsaturated/α-hetero) is 1. The Hall–Kier alpha value is -0.420. The van der Waals surface area contributed by atoms with Crippen molar-refractivity contribution in [1.82, 2.24) is 9.78 Å². The summed E-state index contributed by atoms with van der Waals surface area (Å²) in [6, 6.07) is 1.99. The van der Waals surface area contributed by atoms with Crippen molar-refractivity contribution in [3.8, 4) is 0 Å². The molecule has 5 heteroatoms. The predicted octanol–water partition coefficient (Wildman–Crippen LogP) is 2.55. The highest BCUT2D eigenvalue weighted by atomic mass is 32.2. The molecule has 1 aliphatic heterocycles. The summed E-state index contributed by atoms with van der Waals surface area (Å²) >= 11 is 3.78. The number of aromatic nitrogens is 2. The van der Waals surface area contributed by atoms with Crippen molar-refractivity contribution in [2.24, 2.45) is 7.05 Å². The molecule has 3 unspecified atom stereocenters. The van der Waals surface area contributed by atoms with Gasteiger partial charge in [-0.25, -0.2) is 0 Å². The van der Waals surface area contributed by atoms with Crippen LogP contribution in [0.5, 0.6) is 0 Å². The number of rotatable bonds is 4. The molecule has 1 saturated heterocycles. The molecule has 100 valence electrons. The Kier molecular flexibility index (Phi) is 4.78. The van der Waals surface area contributed by atoms with E-state index in [0.29, 0.717) is 22.7 Å². The minimum atomic E-state index is 0.189. The predicted molar refractivity (Wildman–Crippen MR) is 79.3 cm³/mol. The summed E-state index contributed by atoms with van der Waals surface area (Å²) in [5.41, 5.74) is 1.14. The SMILES string of the molecule is CC1SCC(C(=O)CCc2ccnn2C)SC1C. The first-order valence-electron chi connectivity index (χ1n) is 6.34. The van der Waals surface area contributed by atoms with Crippen LogP contribution in [0.3, 0.4) is 0 Å². The molecule has 2 heterocycles. The molecule has 0 radical (unpaired) electrons. The second kappa shape index (κ2) is 6.15. The fourth-order valence-corrected chi connectivity index (χ4v) is 4.93. The van der Waals surface area contributed by atoms with Crippen LogP contribution in [0.1, 0.15) is 26.0 Å². The van der Waals surface area contributed by atoms with Crippen molar-refractivity contribution in [1.29, 1.82) is 0 Å². The molecule has 3 nitrogen and oxygen atoms in total. The van der Waals surface area contributed by atoms with Gasteiger partial charge in [0.25, 0.3) is 0 Å². The average Bonchev–Trinajstić information content (AvgIpc) is 2.75. The summed E-state index contributed by atoms with van der Waals surface area (Å²) in [6.07, 6.45) is 3.23. The molecule has 1 aromatic rings. The molecule has 0 aliphatic carbocycles. The molecule has 0 aromatic carbocycles. The van der Waals surface area contributed by atoms with Crippen molar-refractivity contribution >= 4 is 29.3 Å². The van der Waals surface area contributed by atoms with Crippen LogP contribution in [0.15, 0.2) is 12.3 Å². The molecule has 3 atom stereocenters. The summed E-state index contributed by atoms with van der Waals surface area (Å²) in [7, 11) is 1.93. The van der Waals surface area contributed by atoms with E-state index in [0.717, 1.165) is 17.9 Å². The van der Waals surface area contributed by atoms with E-state index in [1.54, 1.807) is 6.20 Å². The van der Waals surface area contributed by atoms with Crippen molar-refractivity contribution < 1.29 is 4.79 Å². The van der Waals surface area contributed by atoms with E-state index in [1.807, 2.05) is 41.3 Å². The summed E-state index contributed by atoms with van der Waals surface area (Å²) in [6.45, 7) is 4.47. The first-order valence-corrected chi connectivity index (χ1v) is 8.33. The highest BCUT2D eigenvalue weighted by Crippen LogP contribution is 2.36. The van der Waals surface area contributed by atoms with Crippen molar-refractivity contribution in [2.45, 2.75) is 42.4 Å². The van der Waals surface area contributed by atoms with E-state index in [9.17, 15) is 4.79 Å². The minimum Gasteiger partial charge on any atom is -0.298 e. The molecule has 1 aliphatic rings. The second-order valence-corrected chi connectivity index (χ2v) is 7.78. The molecule has 0 N–H and O–H groups in total. The van der Waals surface area contributed by atoms with Crippen LogP contribution in [0.25, 0.3) is 0 Å². The van der Waals surface area contributed by atoms with Gasteiger partial charge in [-0.2, -0.15) is 16.9 Å². The van der Waals surface area contributed by atoms with Gasteiger partial charge < -0.3 is 0 Å². The topological polar surface area (TPSA) is 34.9 Å². The molecule has 0 amide bonds. The van der Waals surface area contributed by atoms with Crippen molar-refractivity contribution in [3.63, 3.8) is 0 Å². The van der Waals surface area contributed by atoms with Gasteiger partial charge in [-0.1, -0.05) is 13.8 Å². The summed E-state index contributed by atoms with van der Waals surface area (Å²) in [5, 5.41) is 5.56. The maximum atomic E-state index is 12.2. The molecular weight excluding hydrogens is 264 g/mol. The summed E-state index contributed by atoms with van der Waals surface area (Å²) in [5.74, 6) is 1.37. The van der Waals surface area contributed by atoms with E-state index < -0.39 is 0 Å². The zero-order valence-corrected chi connectivity index (χ0v) is 12.8. The zero-order valence-electron chi connectivity index (χ0n) is 11.1. The Morgan fingerprint density at radius 3 is 2.89 bits per heavy atom. The van der Waals surface area contributed by atoms with Gasteiger partial charge in [-0.3, -0.25) is 9.48 Å². The van der Waals surface area contributed by atoms with Crippen LogP contribution in [0.4, 0.5) is 0 Å². The third kappa shape index (κ3) is 3.32. The normalized spacial score (nSPS) is 28.3. The number of nitrogens with zero attached hydrogens (tertiary/aromatic N) is 2. The van der Waals surface area contributed by atoms with Gasteiger partial charge in [-0.15, -0.1) is 11.8 Å². The Bertz CT molecular complexity index is 419. The van der Waals surface area contributed by atoms with E-state index in [-0.39, 0.29) is 5.25 Å². The van der Waals surface area contributed by atoms with Crippen LogP contribution >= 0.6 is 23.5 Å². The Morgan fingerprint density at radius 1 is 1.50 bits per heavy atom. The van der Waals surface area contributed by atoms with Crippen LogP contribution in [0.2, 0.25) is 0 Å². The molecule has 1 aromatic heterocycles. The van der Waals surface area contributed by atoms with Crippen LogP contribution in [-0.2, 0) is 18.3 Å². The first-order chi connectivity index (χ1) is 8.58. The lowest BCUT2D eigenvalue weighted by atomic mass is 10.1. The van der Waals surface area contributed by atoms with Crippen LogP contribution in [-0.4, -0.2) is 37.1 Å². The molecule has 1 fully saturated rings. The number of aryl methyl sites for hydroxylation is 2. The van der Waals surface area contributed by atoms with Gasteiger partial charge in [0.05, 0.1) is 5.25 Å². The van der Waals surface area contributed by atoms with E-state index in [1.165, 1.54) is 0 Å². The van der Waals surface area contributed by atoms with Gasteiger partial charge in [0.2, 0.25) is 0 Å². The second-order valence-electron chi connectivity index (χ2n) is 4.78. The lowest BCUT2D eigenvalue weighted by Gasteiger charge is -2.30. The van der Waals surface area contributed by atoms with Gasteiger partial charge in [0.15, 0.2) is 0 Å². The maximum absolute atomic E-state index is 12.2. The fourth-order valence-electron chi connectivity index (χ4n) is 2.01. The summed E-state index contributed by atoms with van der Waals surface area (Å²) in [4.78, 5) is 12.2.